The molecule has 0 bridgehead atoms. The lowest BCUT2D eigenvalue weighted by Crippen LogP contribution is -2.51. The zero-order valence-corrected chi connectivity index (χ0v) is 25.2. The highest BCUT2D eigenvalue weighted by atomic mass is 32.2. The molecule has 1 aliphatic carbocycles. The number of Topliss-reactive ketones (excluding diaryl/α,β-unsaturated/α-hetero) is 2. The van der Waals surface area contributed by atoms with E-state index in [1.807, 2.05) is 6.92 Å². The molecular weight excluding hydrogens is 590 g/mol. The van der Waals surface area contributed by atoms with Crippen molar-refractivity contribution in [2.45, 2.75) is 68.8 Å². The van der Waals surface area contributed by atoms with Crippen LogP contribution in [0.1, 0.15) is 49.7 Å². The van der Waals surface area contributed by atoms with Gasteiger partial charge >= 0.3 is 12.1 Å². The average Bonchev–Trinajstić information content (AvgIpc) is 3.61. The van der Waals surface area contributed by atoms with E-state index in [-0.39, 0.29) is 80.4 Å². The summed E-state index contributed by atoms with van der Waals surface area (Å²) in [6, 6.07) is 10.2. The zero-order valence-electron chi connectivity index (χ0n) is 24.4. The molecular formula is C31H35N3O9S. The minimum atomic E-state index is -3.95. The van der Waals surface area contributed by atoms with Crippen LogP contribution in [0.5, 0.6) is 5.75 Å². The number of nitrogens with one attached hydrogen (secondary N) is 1. The first-order valence-corrected chi connectivity index (χ1v) is 16.1. The standard InChI is InChI=1S/C31H35N3O9S/c1-20-4-10-23(11-5-20)44(41,42)34-16-2-3-25(34)28(37)32-24(29(38)39)19-21-6-8-22(9-7-21)43-30(40)33-17-14-31(15-18-33)26(35)12-13-27(31)36/h4-11,24-25H,2-3,12-19H2,1H3,(H,32,37)(H,38,39)/t24-,25-/m0/s1. The second kappa shape index (κ2) is 12.5. The Morgan fingerprint density at radius 3 is 2.18 bits per heavy atom. The molecule has 3 fully saturated rings. The monoisotopic (exact) mass is 625 g/mol. The maximum atomic E-state index is 13.2. The van der Waals surface area contributed by atoms with Crippen LogP contribution in [0.2, 0.25) is 0 Å². The molecule has 0 aromatic heterocycles. The number of amides is 2. The van der Waals surface area contributed by atoms with Crippen LogP contribution in [-0.2, 0) is 35.6 Å². The normalized spacial score (nSPS) is 20.9. The van der Waals surface area contributed by atoms with Crippen LogP contribution in [0.4, 0.5) is 4.79 Å². The quantitative estimate of drug-likeness (QED) is 0.419. The summed E-state index contributed by atoms with van der Waals surface area (Å²) in [6.45, 7) is 2.46. The van der Waals surface area contributed by atoms with E-state index in [0.717, 1.165) is 9.87 Å². The molecule has 2 aliphatic heterocycles. The lowest BCUT2D eigenvalue weighted by atomic mass is 9.75. The summed E-state index contributed by atoms with van der Waals surface area (Å²) >= 11 is 0. The molecule has 2 aromatic carbocycles. The van der Waals surface area contributed by atoms with Crippen LogP contribution in [0.15, 0.2) is 53.4 Å². The molecule has 2 heterocycles. The van der Waals surface area contributed by atoms with Gasteiger partial charge in [-0.05, 0) is 62.4 Å². The number of ether oxygens (including phenoxy) is 1. The lowest BCUT2D eigenvalue weighted by molar-refractivity contribution is -0.142. The number of hydrogen-bond acceptors (Lipinski definition) is 8. The van der Waals surface area contributed by atoms with Gasteiger partial charge in [-0.3, -0.25) is 14.4 Å². The fourth-order valence-corrected chi connectivity index (χ4v) is 7.84. The number of carboxylic acid groups (broad SMARTS) is 1. The van der Waals surface area contributed by atoms with Crippen LogP contribution < -0.4 is 10.1 Å². The first kappa shape index (κ1) is 31.3. The van der Waals surface area contributed by atoms with Gasteiger partial charge in [0.1, 0.15) is 29.4 Å². The van der Waals surface area contributed by atoms with Gasteiger partial charge in [-0.15, -0.1) is 0 Å². The molecule has 234 valence electrons. The minimum absolute atomic E-state index is 0.0465. The molecule has 0 radical (unpaired) electrons. The van der Waals surface area contributed by atoms with Gasteiger partial charge in [0.05, 0.1) is 10.3 Å². The second-order valence-corrected chi connectivity index (χ2v) is 13.5. The number of likely N-dealkylation sites (tertiary alicyclic amines) is 1. The number of aryl methyl sites for hydroxylation is 1. The van der Waals surface area contributed by atoms with E-state index < -0.39 is 45.5 Å². The molecule has 13 heteroatoms. The molecule has 44 heavy (non-hydrogen) atoms. The Morgan fingerprint density at radius 2 is 1.59 bits per heavy atom. The zero-order chi connectivity index (χ0) is 31.6. The van der Waals surface area contributed by atoms with Gasteiger partial charge in [-0.2, -0.15) is 4.31 Å². The van der Waals surface area contributed by atoms with Crippen molar-refractivity contribution in [2.75, 3.05) is 19.6 Å². The van der Waals surface area contributed by atoms with Gasteiger partial charge in [-0.1, -0.05) is 29.8 Å². The van der Waals surface area contributed by atoms with Gasteiger partial charge in [0.25, 0.3) is 0 Å². The third-order valence-electron chi connectivity index (χ3n) is 8.84. The van der Waals surface area contributed by atoms with E-state index in [9.17, 15) is 37.5 Å². The predicted octanol–water partition coefficient (Wildman–Crippen LogP) is 2.47. The van der Waals surface area contributed by atoms with Gasteiger partial charge in [0.2, 0.25) is 15.9 Å². The summed E-state index contributed by atoms with van der Waals surface area (Å²) in [5, 5.41) is 12.3. The third-order valence-corrected chi connectivity index (χ3v) is 10.8. The largest absolute Gasteiger partial charge is 0.480 e. The Hall–Kier alpha value is -4.10. The summed E-state index contributed by atoms with van der Waals surface area (Å²) < 4.78 is 33.0. The van der Waals surface area contributed by atoms with Crippen molar-refractivity contribution < 1.29 is 42.2 Å². The number of aliphatic carboxylic acids is 1. The van der Waals surface area contributed by atoms with Crippen molar-refractivity contribution in [3.8, 4) is 5.75 Å². The Balaban J connectivity index is 1.17. The SMILES string of the molecule is Cc1ccc(S(=O)(=O)N2CCC[C@H]2C(=O)N[C@@H](Cc2ccc(OC(=O)N3CCC4(CC3)C(=O)CCC4=O)cc2)C(=O)O)cc1. The van der Waals surface area contributed by atoms with Crippen molar-refractivity contribution in [3.63, 3.8) is 0 Å². The van der Waals surface area contributed by atoms with Crippen molar-refractivity contribution in [2.24, 2.45) is 5.41 Å². The number of sulfonamides is 1. The highest BCUT2D eigenvalue weighted by Gasteiger charge is 2.51. The molecule has 2 N–H and O–H groups in total. The van der Waals surface area contributed by atoms with Crippen molar-refractivity contribution in [1.82, 2.24) is 14.5 Å². The van der Waals surface area contributed by atoms with E-state index >= 15 is 0 Å². The van der Waals surface area contributed by atoms with E-state index in [2.05, 4.69) is 5.32 Å². The second-order valence-electron chi connectivity index (χ2n) is 11.6. The number of carbonyl (C=O) groups is 5. The van der Waals surface area contributed by atoms with Crippen molar-refractivity contribution in [3.05, 3.63) is 59.7 Å². The predicted molar refractivity (Wildman–Crippen MR) is 156 cm³/mol. The number of carbonyl (C=O) groups excluding carboxylic acids is 4. The number of benzene rings is 2. The number of nitrogens with zero attached hydrogens (tertiary/aromatic N) is 2. The van der Waals surface area contributed by atoms with E-state index in [1.165, 1.54) is 29.2 Å². The van der Waals surface area contributed by atoms with Crippen LogP contribution in [0.3, 0.4) is 0 Å². The topological polar surface area (TPSA) is 167 Å². The molecule has 2 saturated heterocycles. The Kier molecular flexibility index (Phi) is 8.89. The summed E-state index contributed by atoms with van der Waals surface area (Å²) in [4.78, 5) is 64.0. The van der Waals surface area contributed by atoms with Gasteiger partial charge < -0.3 is 20.1 Å². The van der Waals surface area contributed by atoms with E-state index in [4.69, 9.17) is 4.74 Å². The van der Waals surface area contributed by atoms with Crippen LogP contribution >= 0.6 is 0 Å². The van der Waals surface area contributed by atoms with Crippen LogP contribution in [0, 0.1) is 12.3 Å². The number of carboxylic acids is 1. The smallest absolute Gasteiger partial charge is 0.415 e. The molecule has 0 unspecified atom stereocenters. The summed E-state index contributed by atoms with van der Waals surface area (Å²) in [6.07, 6.45) is 1.15. The minimum Gasteiger partial charge on any atom is -0.480 e. The highest BCUT2D eigenvalue weighted by molar-refractivity contribution is 7.89. The molecule has 2 atom stereocenters. The fraction of sp³-hybridized carbons (Fsp3) is 0.452. The Bertz CT molecular complexity index is 1550. The first-order chi connectivity index (χ1) is 20.9. The molecule has 3 aliphatic rings. The maximum absolute atomic E-state index is 13.2. The molecule has 1 saturated carbocycles. The average molecular weight is 626 g/mol. The molecule has 5 rings (SSSR count). The van der Waals surface area contributed by atoms with Gasteiger partial charge in [0, 0.05) is 38.9 Å². The third kappa shape index (κ3) is 6.25. The number of piperidine rings is 1. The van der Waals surface area contributed by atoms with E-state index in [1.54, 1.807) is 24.3 Å². The maximum Gasteiger partial charge on any atom is 0.415 e. The molecule has 1 spiro atoms. The van der Waals surface area contributed by atoms with Crippen LogP contribution in [0.25, 0.3) is 0 Å². The highest BCUT2D eigenvalue weighted by Crippen LogP contribution is 2.41. The summed E-state index contributed by atoms with van der Waals surface area (Å²) in [5.41, 5.74) is 0.484. The molecule has 12 nitrogen and oxygen atoms in total. The van der Waals surface area contributed by atoms with Gasteiger partial charge in [-0.25, -0.2) is 18.0 Å². The van der Waals surface area contributed by atoms with Crippen molar-refractivity contribution >= 4 is 39.6 Å². The summed E-state index contributed by atoms with van der Waals surface area (Å²) in [5.74, 6) is -1.82. The first-order valence-electron chi connectivity index (χ1n) is 14.6. The van der Waals surface area contributed by atoms with Crippen LogP contribution in [-0.4, -0.2) is 84.0 Å². The van der Waals surface area contributed by atoms with E-state index in [0.29, 0.717) is 12.0 Å². The Morgan fingerprint density at radius 1 is 0.977 bits per heavy atom. The lowest BCUT2D eigenvalue weighted by Gasteiger charge is -2.36. The number of rotatable bonds is 8. The van der Waals surface area contributed by atoms with Crippen molar-refractivity contribution in [1.29, 1.82) is 0 Å². The molecule has 2 aromatic rings. The van der Waals surface area contributed by atoms with Gasteiger partial charge in [0.15, 0.2) is 0 Å². The fourth-order valence-electron chi connectivity index (χ4n) is 6.19. The molecule has 2 amide bonds. The Labute approximate surface area is 255 Å². The summed E-state index contributed by atoms with van der Waals surface area (Å²) in [7, 11) is -3.95. The number of hydrogen-bond donors (Lipinski definition) is 2. The number of ketones is 2.